The number of hydrogen-bond acceptors (Lipinski definition) is 6. The van der Waals surface area contributed by atoms with Crippen LogP contribution in [0.3, 0.4) is 0 Å². The van der Waals surface area contributed by atoms with Crippen LogP contribution in [-0.4, -0.2) is 47.5 Å². The van der Waals surface area contributed by atoms with Crippen LogP contribution in [0.25, 0.3) is 0 Å². The lowest BCUT2D eigenvalue weighted by Crippen LogP contribution is -2.22. The van der Waals surface area contributed by atoms with Crippen LogP contribution in [0.15, 0.2) is 18.2 Å². The molecule has 2 unspecified atom stereocenters. The average molecular weight is 253 g/mol. The summed E-state index contributed by atoms with van der Waals surface area (Å²) in [4.78, 5) is 12.1. The Labute approximate surface area is 104 Å². The Balaban J connectivity index is 2.32. The largest absolute Gasteiger partial charge is 0.389 e. The van der Waals surface area contributed by atoms with E-state index in [2.05, 4.69) is 5.32 Å². The number of nitro groups is 1. The first kappa shape index (κ1) is 12.6. The Morgan fingerprint density at radius 3 is 2.44 bits per heavy atom. The van der Waals surface area contributed by atoms with Crippen LogP contribution in [0.2, 0.25) is 0 Å². The lowest BCUT2D eigenvalue weighted by atomic mass is 10.2. The zero-order valence-corrected chi connectivity index (χ0v) is 9.91. The van der Waals surface area contributed by atoms with Gasteiger partial charge in [-0.15, -0.1) is 0 Å². The highest BCUT2D eigenvalue weighted by Crippen LogP contribution is 2.29. The minimum Gasteiger partial charge on any atom is -0.389 e. The Morgan fingerprint density at radius 1 is 1.33 bits per heavy atom. The zero-order chi connectivity index (χ0) is 13.3. The van der Waals surface area contributed by atoms with E-state index in [4.69, 9.17) is 0 Å². The third-order valence-electron chi connectivity index (χ3n) is 3.03. The number of β-amino-alcohol motifs (C(OH)–C–C–N with tert-alkyl or cyclic N) is 2. The number of nitrogens with one attached hydrogen (secondary N) is 1. The van der Waals surface area contributed by atoms with Crippen LogP contribution in [0.1, 0.15) is 0 Å². The molecule has 1 aliphatic heterocycles. The molecule has 1 aromatic carbocycles. The summed E-state index contributed by atoms with van der Waals surface area (Å²) in [6, 6.07) is 4.62. The molecule has 0 aliphatic carbocycles. The number of benzene rings is 1. The van der Waals surface area contributed by atoms with Crippen molar-refractivity contribution in [2.45, 2.75) is 12.2 Å². The van der Waals surface area contributed by atoms with Crippen LogP contribution in [0.4, 0.5) is 17.1 Å². The predicted molar refractivity (Wildman–Crippen MR) is 66.9 cm³/mol. The first-order chi connectivity index (χ1) is 8.51. The van der Waals surface area contributed by atoms with Gasteiger partial charge in [0.2, 0.25) is 0 Å². The normalized spacial score (nSPS) is 23.2. The molecule has 2 atom stereocenters. The molecule has 3 N–H and O–H groups in total. The third kappa shape index (κ3) is 2.36. The second kappa shape index (κ2) is 4.79. The first-order valence-corrected chi connectivity index (χ1v) is 5.59. The Hall–Kier alpha value is -1.86. The van der Waals surface area contributed by atoms with E-state index in [1.165, 1.54) is 12.1 Å². The number of aliphatic hydroxyl groups excluding tert-OH is 2. The van der Waals surface area contributed by atoms with Gasteiger partial charge in [-0.25, -0.2) is 0 Å². The van der Waals surface area contributed by atoms with E-state index in [9.17, 15) is 20.3 Å². The van der Waals surface area contributed by atoms with Crippen molar-refractivity contribution in [3.8, 4) is 0 Å². The van der Waals surface area contributed by atoms with Gasteiger partial charge >= 0.3 is 0 Å². The molecule has 0 aromatic heterocycles. The standard InChI is InChI=1S/C11H15N3O4/c1-12-7-2-8(4-9(3-7)14(17)18)13-5-10(15)11(16)6-13/h2-4,10-12,15-16H,5-6H2,1H3. The smallest absolute Gasteiger partial charge is 0.273 e. The summed E-state index contributed by atoms with van der Waals surface area (Å²) < 4.78 is 0. The average Bonchev–Trinajstić information content (AvgIpc) is 2.69. The molecule has 0 bridgehead atoms. The molecule has 0 radical (unpaired) electrons. The number of rotatable bonds is 3. The van der Waals surface area contributed by atoms with Gasteiger partial charge in [-0.3, -0.25) is 10.1 Å². The molecule has 1 saturated heterocycles. The maximum Gasteiger partial charge on any atom is 0.273 e. The van der Waals surface area contributed by atoms with E-state index >= 15 is 0 Å². The fourth-order valence-corrected chi connectivity index (χ4v) is 2.01. The van der Waals surface area contributed by atoms with Gasteiger partial charge in [0.1, 0.15) is 0 Å². The minimum absolute atomic E-state index is 0.0206. The van der Waals surface area contributed by atoms with E-state index in [0.717, 1.165) is 0 Å². The summed E-state index contributed by atoms with van der Waals surface area (Å²) in [5.41, 5.74) is 1.21. The van der Waals surface area contributed by atoms with Crippen molar-refractivity contribution in [2.75, 3.05) is 30.4 Å². The van der Waals surface area contributed by atoms with Gasteiger partial charge in [0.15, 0.2) is 0 Å². The van der Waals surface area contributed by atoms with E-state index < -0.39 is 17.1 Å². The molecule has 98 valence electrons. The number of anilines is 2. The Kier molecular flexibility index (Phi) is 3.35. The summed E-state index contributed by atoms with van der Waals surface area (Å²) in [7, 11) is 1.68. The first-order valence-electron chi connectivity index (χ1n) is 5.59. The van der Waals surface area contributed by atoms with Gasteiger partial charge < -0.3 is 20.4 Å². The van der Waals surface area contributed by atoms with E-state index in [1.807, 2.05) is 0 Å². The summed E-state index contributed by atoms with van der Waals surface area (Å²) >= 11 is 0. The van der Waals surface area contributed by atoms with Crippen LogP contribution >= 0.6 is 0 Å². The van der Waals surface area contributed by atoms with Crippen molar-refractivity contribution in [3.05, 3.63) is 28.3 Å². The second-order valence-electron chi connectivity index (χ2n) is 4.28. The van der Waals surface area contributed by atoms with E-state index in [0.29, 0.717) is 11.4 Å². The second-order valence-corrected chi connectivity index (χ2v) is 4.28. The summed E-state index contributed by atoms with van der Waals surface area (Å²) in [6.07, 6.45) is -1.63. The number of nitrogens with zero attached hydrogens (tertiary/aromatic N) is 2. The molecule has 1 aromatic rings. The van der Waals surface area contributed by atoms with Crippen molar-refractivity contribution < 1.29 is 15.1 Å². The van der Waals surface area contributed by atoms with Crippen molar-refractivity contribution in [2.24, 2.45) is 0 Å². The highest BCUT2D eigenvalue weighted by atomic mass is 16.6. The monoisotopic (exact) mass is 253 g/mol. The van der Waals surface area contributed by atoms with Crippen LogP contribution in [0, 0.1) is 10.1 Å². The molecule has 0 spiro atoms. The molecule has 7 heteroatoms. The number of hydrogen-bond donors (Lipinski definition) is 3. The third-order valence-corrected chi connectivity index (χ3v) is 3.03. The van der Waals surface area contributed by atoms with Crippen molar-refractivity contribution >= 4 is 17.1 Å². The van der Waals surface area contributed by atoms with Gasteiger partial charge in [-0.1, -0.05) is 0 Å². The molecule has 0 saturated carbocycles. The van der Waals surface area contributed by atoms with Gasteiger partial charge in [0, 0.05) is 43.6 Å². The maximum absolute atomic E-state index is 10.8. The highest BCUT2D eigenvalue weighted by Gasteiger charge is 2.30. The van der Waals surface area contributed by atoms with Crippen molar-refractivity contribution in [1.82, 2.24) is 0 Å². The highest BCUT2D eigenvalue weighted by molar-refractivity contribution is 5.64. The lowest BCUT2D eigenvalue weighted by Gasteiger charge is -2.18. The lowest BCUT2D eigenvalue weighted by molar-refractivity contribution is -0.384. The molecular formula is C11H15N3O4. The van der Waals surface area contributed by atoms with Crippen LogP contribution < -0.4 is 10.2 Å². The number of non-ortho nitro benzene ring substituents is 1. The Bertz CT molecular complexity index is 456. The summed E-state index contributed by atoms with van der Waals surface area (Å²) in [5, 5.41) is 32.7. The molecule has 1 aliphatic rings. The predicted octanol–water partition coefficient (Wildman–Crippen LogP) is 0.178. The SMILES string of the molecule is CNc1cc(N2CC(O)C(O)C2)cc([N+](=O)[O-])c1. The van der Waals surface area contributed by atoms with Gasteiger partial charge in [0.05, 0.1) is 17.1 Å². The molecular weight excluding hydrogens is 238 g/mol. The minimum atomic E-state index is -0.817. The number of nitro benzene ring substituents is 1. The van der Waals surface area contributed by atoms with Gasteiger partial charge in [-0.05, 0) is 6.07 Å². The fraction of sp³-hybridized carbons (Fsp3) is 0.455. The quantitative estimate of drug-likeness (QED) is 0.525. The van der Waals surface area contributed by atoms with E-state index in [1.54, 1.807) is 18.0 Å². The molecule has 1 heterocycles. The van der Waals surface area contributed by atoms with Crippen molar-refractivity contribution in [1.29, 1.82) is 0 Å². The zero-order valence-electron chi connectivity index (χ0n) is 9.91. The maximum atomic E-state index is 10.8. The molecule has 0 amide bonds. The molecule has 2 rings (SSSR count). The van der Waals surface area contributed by atoms with Crippen molar-refractivity contribution in [3.63, 3.8) is 0 Å². The van der Waals surface area contributed by atoms with Gasteiger partial charge in [0.25, 0.3) is 5.69 Å². The topological polar surface area (TPSA) is 98.9 Å². The Morgan fingerprint density at radius 2 is 1.94 bits per heavy atom. The summed E-state index contributed by atoms with van der Waals surface area (Å²) in [5.74, 6) is 0. The van der Waals surface area contributed by atoms with Crippen LogP contribution in [-0.2, 0) is 0 Å². The fourth-order valence-electron chi connectivity index (χ4n) is 2.01. The molecule has 7 nitrogen and oxygen atoms in total. The summed E-state index contributed by atoms with van der Waals surface area (Å²) in [6.45, 7) is 0.539. The van der Waals surface area contributed by atoms with Crippen LogP contribution in [0.5, 0.6) is 0 Å². The molecule has 18 heavy (non-hydrogen) atoms. The van der Waals surface area contributed by atoms with E-state index in [-0.39, 0.29) is 18.8 Å². The van der Waals surface area contributed by atoms with Gasteiger partial charge in [-0.2, -0.15) is 0 Å². The number of aliphatic hydroxyl groups is 2. The molecule has 1 fully saturated rings.